The average molecular weight is 247 g/mol. The number of aliphatic hydroxyl groups excluding tert-OH is 1. The first-order valence-corrected chi connectivity index (χ1v) is 4.78. The molecule has 1 unspecified atom stereocenters. The molecule has 1 heterocycles. The Morgan fingerprint density at radius 3 is 3.08 bits per heavy atom. The van der Waals surface area contributed by atoms with E-state index in [2.05, 4.69) is 15.9 Å². The van der Waals surface area contributed by atoms with Crippen LogP contribution in [0.25, 0.3) is 0 Å². The Bertz CT molecular complexity index is 341. The van der Waals surface area contributed by atoms with Crippen LogP contribution in [0.3, 0.4) is 0 Å². The van der Waals surface area contributed by atoms with Gasteiger partial charge in [-0.1, -0.05) is 6.07 Å². The van der Waals surface area contributed by atoms with Crippen molar-refractivity contribution >= 4 is 15.9 Å². The van der Waals surface area contributed by atoms with Crippen LogP contribution >= 0.6 is 15.9 Å². The molecule has 0 aromatic heterocycles. The van der Waals surface area contributed by atoms with Gasteiger partial charge in [0.15, 0.2) is 11.6 Å². The van der Waals surface area contributed by atoms with Crippen LogP contribution < -0.4 is 4.74 Å². The minimum absolute atomic E-state index is 0.174. The Kier molecular flexibility index (Phi) is 2.26. The Morgan fingerprint density at radius 2 is 2.31 bits per heavy atom. The second-order valence-corrected chi connectivity index (χ2v) is 3.79. The molecule has 0 fully saturated rings. The summed E-state index contributed by atoms with van der Waals surface area (Å²) in [5, 5.41) is 9.51. The van der Waals surface area contributed by atoms with E-state index < -0.39 is 11.9 Å². The summed E-state index contributed by atoms with van der Waals surface area (Å²) < 4.78 is 18.9. The predicted molar refractivity (Wildman–Crippen MR) is 49.2 cm³/mol. The standard InChI is InChI=1S/C9H8BrFO2/c10-6-2-1-5-7(12)3-4-13-9(5)8(6)11/h1-2,7,12H,3-4H2. The predicted octanol–water partition coefficient (Wildman–Crippen LogP) is 2.40. The number of aliphatic hydroxyl groups is 1. The van der Waals surface area contributed by atoms with Gasteiger partial charge in [0.25, 0.3) is 0 Å². The van der Waals surface area contributed by atoms with Crippen LogP contribution in [0.2, 0.25) is 0 Å². The molecule has 1 aliphatic rings. The van der Waals surface area contributed by atoms with Gasteiger partial charge in [-0.05, 0) is 22.0 Å². The highest BCUT2D eigenvalue weighted by Crippen LogP contribution is 2.36. The monoisotopic (exact) mass is 246 g/mol. The first kappa shape index (κ1) is 8.97. The smallest absolute Gasteiger partial charge is 0.179 e. The second-order valence-electron chi connectivity index (χ2n) is 2.93. The van der Waals surface area contributed by atoms with Crippen molar-refractivity contribution in [2.24, 2.45) is 0 Å². The molecule has 1 atom stereocenters. The van der Waals surface area contributed by atoms with Crippen molar-refractivity contribution in [1.29, 1.82) is 0 Å². The van der Waals surface area contributed by atoms with E-state index in [1.807, 2.05) is 0 Å². The Balaban J connectivity index is 2.56. The van der Waals surface area contributed by atoms with Crippen molar-refractivity contribution in [3.8, 4) is 5.75 Å². The van der Waals surface area contributed by atoms with E-state index in [1.165, 1.54) is 0 Å². The van der Waals surface area contributed by atoms with Crippen LogP contribution in [-0.4, -0.2) is 11.7 Å². The summed E-state index contributed by atoms with van der Waals surface area (Å²) in [5.41, 5.74) is 0.534. The van der Waals surface area contributed by atoms with Gasteiger partial charge in [-0.3, -0.25) is 0 Å². The quantitative estimate of drug-likeness (QED) is 0.762. The molecular formula is C9H8BrFO2. The van der Waals surface area contributed by atoms with Crippen LogP contribution in [0, 0.1) is 5.82 Å². The van der Waals surface area contributed by atoms with Gasteiger partial charge in [-0.25, -0.2) is 4.39 Å². The van der Waals surface area contributed by atoms with Gasteiger partial charge < -0.3 is 9.84 Å². The topological polar surface area (TPSA) is 29.5 Å². The van der Waals surface area contributed by atoms with Crippen molar-refractivity contribution in [1.82, 2.24) is 0 Å². The van der Waals surface area contributed by atoms with E-state index in [4.69, 9.17) is 4.74 Å². The lowest BCUT2D eigenvalue weighted by Crippen LogP contribution is -2.15. The molecule has 70 valence electrons. The van der Waals surface area contributed by atoms with E-state index in [0.717, 1.165) is 0 Å². The van der Waals surface area contributed by atoms with E-state index in [-0.39, 0.29) is 5.75 Å². The van der Waals surface area contributed by atoms with Gasteiger partial charge >= 0.3 is 0 Å². The SMILES string of the molecule is OC1CCOc2c1ccc(Br)c2F. The van der Waals surface area contributed by atoms with Gasteiger partial charge in [-0.2, -0.15) is 0 Å². The maximum absolute atomic E-state index is 13.4. The summed E-state index contributed by atoms with van der Waals surface area (Å²) in [6.45, 7) is 0.363. The second kappa shape index (κ2) is 3.27. The van der Waals surface area contributed by atoms with Crippen molar-refractivity contribution in [2.45, 2.75) is 12.5 Å². The highest BCUT2D eigenvalue weighted by Gasteiger charge is 2.23. The van der Waals surface area contributed by atoms with Crippen molar-refractivity contribution < 1.29 is 14.2 Å². The highest BCUT2D eigenvalue weighted by atomic mass is 79.9. The van der Waals surface area contributed by atoms with Gasteiger partial charge in [0.2, 0.25) is 0 Å². The normalized spacial score (nSPS) is 20.7. The Morgan fingerprint density at radius 1 is 1.54 bits per heavy atom. The summed E-state index contributed by atoms with van der Waals surface area (Å²) >= 11 is 3.06. The molecule has 2 rings (SSSR count). The molecule has 0 saturated carbocycles. The third-order valence-corrected chi connectivity index (χ3v) is 2.69. The minimum Gasteiger partial charge on any atom is -0.490 e. The highest BCUT2D eigenvalue weighted by molar-refractivity contribution is 9.10. The molecule has 1 N–H and O–H groups in total. The van der Waals surface area contributed by atoms with E-state index in [0.29, 0.717) is 23.1 Å². The average Bonchev–Trinajstić information content (AvgIpc) is 2.12. The van der Waals surface area contributed by atoms with Crippen LogP contribution in [0.4, 0.5) is 4.39 Å². The zero-order valence-corrected chi connectivity index (χ0v) is 8.34. The lowest BCUT2D eigenvalue weighted by atomic mass is 10.0. The lowest BCUT2D eigenvalue weighted by Gasteiger charge is -2.22. The number of halogens is 2. The number of hydrogen-bond donors (Lipinski definition) is 1. The first-order valence-electron chi connectivity index (χ1n) is 3.99. The van der Waals surface area contributed by atoms with Crippen molar-refractivity contribution in [3.63, 3.8) is 0 Å². The fourth-order valence-corrected chi connectivity index (χ4v) is 1.70. The fourth-order valence-electron chi connectivity index (χ4n) is 1.38. The molecule has 0 bridgehead atoms. The lowest BCUT2D eigenvalue weighted by molar-refractivity contribution is 0.112. The molecule has 1 aliphatic heterocycles. The van der Waals surface area contributed by atoms with E-state index in [9.17, 15) is 9.50 Å². The molecule has 0 spiro atoms. The maximum Gasteiger partial charge on any atom is 0.179 e. The zero-order valence-electron chi connectivity index (χ0n) is 6.76. The number of fused-ring (bicyclic) bond motifs is 1. The molecule has 2 nitrogen and oxygen atoms in total. The third-order valence-electron chi connectivity index (χ3n) is 2.08. The molecule has 0 saturated heterocycles. The minimum atomic E-state index is -0.605. The first-order chi connectivity index (χ1) is 6.20. The number of benzene rings is 1. The molecule has 4 heteroatoms. The summed E-state index contributed by atoms with van der Waals surface area (Å²) in [5.74, 6) is -0.260. The molecule has 0 radical (unpaired) electrons. The van der Waals surface area contributed by atoms with Gasteiger partial charge in [0.05, 0.1) is 17.2 Å². The summed E-state index contributed by atoms with van der Waals surface area (Å²) in [7, 11) is 0. The van der Waals surface area contributed by atoms with E-state index >= 15 is 0 Å². The van der Waals surface area contributed by atoms with Crippen LogP contribution in [0.5, 0.6) is 5.75 Å². The maximum atomic E-state index is 13.4. The largest absolute Gasteiger partial charge is 0.490 e. The van der Waals surface area contributed by atoms with Crippen molar-refractivity contribution in [3.05, 3.63) is 28.0 Å². The van der Waals surface area contributed by atoms with Crippen molar-refractivity contribution in [2.75, 3.05) is 6.61 Å². The summed E-state index contributed by atoms with van der Waals surface area (Å²) in [4.78, 5) is 0. The van der Waals surface area contributed by atoms with Gasteiger partial charge in [-0.15, -0.1) is 0 Å². The molecule has 0 aliphatic carbocycles. The summed E-state index contributed by atoms with van der Waals surface area (Å²) in [6.07, 6.45) is -0.0833. The number of hydrogen-bond acceptors (Lipinski definition) is 2. The van der Waals surface area contributed by atoms with Crippen LogP contribution in [0.1, 0.15) is 18.1 Å². The van der Waals surface area contributed by atoms with Crippen LogP contribution in [-0.2, 0) is 0 Å². The number of ether oxygens (including phenoxy) is 1. The van der Waals surface area contributed by atoms with Gasteiger partial charge in [0.1, 0.15) is 0 Å². The molecule has 0 amide bonds. The zero-order chi connectivity index (χ0) is 9.42. The molecule has 1 aromatic carbocycles. The Labute approximate surface area is 83.5 Å². The molecule has 13 heavy (non-hydrogen) atoms. The van der Waals surface area contributed by atoms with E-state index in [1.54, 1.807) is 12.1 Å². The fraction of sp³-hybridized carbons (Fsp3) is 0.333. The summed E-state index contributed by atoms with van der Waals surface area (Å²) in [6, 6.07) is 3.25. The number of rotatable bonds is 0. The third kappa shape index (κ3) is 1.44. The van der Waals surface area contributed by atoms with Crippen LogP contribution in [0.15, 0.2) is 16.6 Å². The van der Waals surface area contributed by atoms with Gasteiger partial charge in [0, 0.05) is 12.0 Å². The Hall–Kier alpha value is -0.610. The molecule has 1 aromatic rings. The molecular weight excluding hydrogens is 239 g/mol.